The van der Waals surface area contributed by atoms with Gasteiger partial charge in [-0.3, -0.25) is 0 Å². The third-order valence-corrected chi connectivity index (χ3v) is 1.94. The number of hydrogen-bond donors (Lipinski definition) is 0. The van der Waals surface area contributed by atoms with E-state index in [1.165, 1.54) is 7.11 Å². The molecule has 0 saturated heterocycles. The summed E-state index contributed by atoms with van der Waals surface area (Å²) >= 11 is 0. The maximum Gasteiger partial charge on any atom is 0.357 e. The average molecular weight is 242 g/mol. The summed E-state index contributed by atoms with van der Waals surface area (Å²) in [4.78, 5) is 14.8. The van der Waals surface area contributed by atoms with Crippen molar-refractivity contribution in [1.82, 2.24) is 4.98 Å². The Kier molecular flexibility index (Phi) is 3.93. The van der Waals surface area contributed by atoms with E-state index in [1.807, 2.05) is 0 Å². The molecule has 5 nitrogen and oxygen atoms in total. The fourth-order valence-corrected chi connectivity index (χ4v) is 1.17. The zero-order chi connectivity index (χ0) is 13.0. The van der Waals surface area contributed by atoms with E-state index in [2.05, 4.69) is 9.72 Å². The highest BCUT2D eigenvalue weighted by Crippen LogP contribution is 2.27. The lowest BCUT2D eigenvalue weighted by molar-refractivity contribution is 0.0580. The quantitative estimate of drug-likeness (QED) is 0.754. The predicted molar refractivity (Wildman–Crippen MR) is 51.8 cm³/mol. The van der Waals surface area contributed by atoms with Crippen LogP contribution in [0, 0.1) is 11.3 Å². The second-order valence-electron chi connectivity index (χ2n) is 2.89. The molecule has 0 aliphatic rings. The number of alkyl halides is 2. The molecule has 0 N–H and O–H groups in total. The maximum atomic E-state index is 12.7. The minimum atomic E-state index is -2.94. The van der Waals surface area contributed by atoms with E-state index >= 15 is 0 Å². The van der Waals surface area contributed by atoms with Gasteiger partial charge >= 0.3 is 5.97 Å². The van der Waals surface area contributed by atoms with E-state index in [0.29, 0.717) is 0 Å². The summed E-state index contributed by atoms with van der Waals surface area (Å²) in [7, 11) is 2.26. The highest BCUT2D eigenvalue weighted by Gasteiger charge is 2.24. The number of hydrogen-bond acceptors (Lipinski definition) is 5. The van der Waals surface area contributed by atoms with Crippen LogP contribution in [0.2, 0.25) is 0 Å². The van der Waals surface area contributed by atoms with Crippen LogP contribution in [-0.4, -0.2) is 25.2 Å². The first kappa shape index (κ1) is 12.8. The highest BCUT2D eigenvalue weighted by atomic mass is 19.3. The number of nitriles is 1. The molecule has 17 heavy (non-hydrogen) atoms. The average Bonchev–Trinajstić information content (AvgIpc) is 2.35. The first-order valence-corrected chi connectivity index (χ1v) is 4.40. The molecule has 0 saturated carbocycles. The van der Waals surface area contributed by atoms with Crippen molar-refractivity contribution < 1.29 is 23.0 Å². The third-order valence-electron chi connectivity index (χ3n) is 1.94. The molecule has 0 radical (unpaired) electrons. The van der Waals surface area contributed by atoms with Crippen molar-refractivity contribution in [2.75, 3.05) is 14.2 Å². The van der Waals surface area contributed by atoms with Crippen LogP contribution in [0.4, 0.5) is 8.78 Å². The molecule has 0 amide bonds. The molecule has 0 unspecified atom stereocenters. The van der Waals surface area contributed by atoms with E-state index < -0.39 is 23.7 Å². The van der Waals surface area contributed by atoms with Gasteiger partial charge in [-0.15, -0.1) is 0 Å². The van der Waals surface area contributed by atoms with Gasteiger partial charge in [-0.2, -0.15) is 5.26 Å². The van der Waals surface area contributed by atoms with Crippen LogP contribution in [0.3, 0.4) is 0 Å². The van der Waals surface area contributed by atoms with Crippen molar-refractivity contribution in [2.45, 2.75) is 6.43 Å². The second-order valence-corrected chi connectivity index (χ2v) is 2.89. The molecule has 0 aliphatic heterocycles. The van der Waals surface area contributed by atoms with Crippen molar-refractivity contribution in [3.8, 4) is 11.9 Å². The maximum absolute atomic E-state index is 12.7. The molecule has 1 aromatic heterocycles. The molecular weight excluding hydrogens is 234 g/mol. The van der Waals surface area contributed by atoms with E-state index in [1.54, 1.807) is 6.07 Å². The Bertz CT molecular complexity index is 483. The Balaban J connectivity index is 3.47. The largest absolute Gasteiger partial charge is 0.480 e. The second kappa shape index (κ2) is 5.21. The summed E-state index contributed by atoms with van der Waals surface area (Å²) < 4.78 is 34.4. The van der Waals surface area contributed by atoms with Gasteiger partial charge in [0.2, 0.25) is 5.88 Å². The van der Waals surface area contributed by atoms with Crippen LogP contribution in [0.15, 0.2) is 6.07 Å². The molecule has 0 aromatic carbocycles. The fraction of sp³-hybridized carbons (Fsp3) is 0.300. The Hall–Kier alpha value is -2.23. The zero-order valence-corrected chi connectivity index (χ0v) is 9.03. The van der Waals surface area contributed by atoms with Crippen LogP contribution in [-0.2, 0) is 4.74 Å². The van der Waals surface area contributed by atoms with E-state index in [-0.39, 0.29) is 11.4 Å². The first-order valence-electron chi connectivity index (χ1n) is 4.40. The lowest BCUT2D eigenvalue weighted by Crippen LogP contribution is -2.11. The topological polar surface area (TPSA) is 72.2 Å². The van der Waals surface area contributed by atoms with Gasteiger partial charge in [0.25, 0.3) is 6.43 Å². The molecule has 1 aromatic rings. The number of ether oxygens (including phenoxy) is 2. The Labute approximate surface area is 95.6 Å². The van der Waals surface area contributed by atoms with Crippen molar-refractivity contribution in [3.05, 3.63) is 22.9 Å². The fourth-order valence-electron chi connectivity index (χ4n) is 1.17. The van der Waals surface area contributed by atoms with Crippen molar-refractivity contribution >= 4 is 5.97 Å². The number of methoxy groups -OCH3 is 2. The number of pyridine rings is 1. The number of carbonyl (C=O) groups is 1. The van der Waals surface area contributed by atoms with E-state index in [4.69, 9.17) is 10.00 Å². The normalized spacial score (nSPS) is 9.88. The van der Waals surface area contributed by atoms with Gasteiger partial charge in [0.05, 0.1) is 19.8 Å². The SMILES string of the molecule is COC(=O)c1nc(OC)c(C#N)cc1C(F)F. The van der Waals surface area contributed by atoms with Gasteiger partial charge in [0.15, 0.2) is 5.69 Å². The summed E-state index contributed by atoms with van der Waals surface area (Å²) in [6.45, 7) is 0. The monoisotopic (exact) mass is 242 g/mol. The summed E-state index contributed by atoms with van der Waals surface area (Å²) in [5.41, 5.74) is -1.39. The third kappa shape index (κ3) is 2.47. The molecule has 0 bridgehead atoms. The number of halogens is 2. The molecular formula is C10H8F2N2O3. The molecule has 1 heterocycles. The van der Waals surface area contributed by atoms with Crippen molar-refractivity contribution in [3.63, 3.8) is 0 Å². The zero-order valence-electron chi connectivity index (χ0n) is 9.03. The molecule has 90 valence electrons. The van der Waals surface area contributed by atoms with Gasteiger partial charge in [-0.25, -0.2) is 18.6 Å². The van der Waals surface area contributed by atoms with Crippen LogP contribution < -0.4 is 4.74 Å². The molecule has 7 heteroatoms. The van der Waals surface area contributed by atoms with E-state index in [9.17, 15) is 13.6 Å². The summed E-state index contributed by atoms with van der Waals surface area (Å²) in [6.07, 6.45) is -2.94. The molecule has 0 fully saturated rings. The van der Waals surface area contributed by atoms with Gasteiger partial charge in [0, 0.05) is 0 Å². The van der Waals surface area contributed by atoms with Gasteiger partial charge in [-0.1, -0.05) is 0 Å². The number of esters is 1. The molecule has 0 aliphatic carbocycles. The van der Waals surface area contributed by atoms with Gasteiger partial charge < -0.3 is 9.47 Å². The van der Waals surface area contributed by atoms with Crippen LogP contribution in [0.5, 0.6) is 5.88 Å². The highest BCUT2D eigenvalue weighted by molar-refractivity contribution is 5.89. The summed E-state index contributed by atoms with van der Waals surface area (Å²) in [6, 6.07) is 2.52. The number of nitrogens with zero attached hydrogens (tertiary/aromatic N) is 2. The predicted octanol–water partition coefficient (Wildman–Crippen LogP) is 1.69. The minimum absolute atomic E-state index is 0.171. The number of rotatable bonds is 3. The van der Waals surface area contributed by atoms with E-state index in [0.717, 1.165) is 13.2 Å². The van der Waals surface area contributed by atoms with Crippen LogP contribution in [0.1, 0.15) is 28.0 Å². The summed E-state index contributed by atoms with van der Waals surface area (Å²) in [5, 5.41) is 8.71. The Morgan fingerprint density at radius 3 is 2.59 bits per heavy atom. The smallest absolute Gasteiger partial charge is 0.357 e. The van der Waals surface area contributed by atoms with Crippen molar-refractivity contribution in [2.24, 2.45) is 0 Å². The molecule has 0 atom stereocenters. The van der Waals surface area contributed by atoms with Gasteiger partial charge in [0.1, 0.15) is 11.6 Å². The lowest BCUT2D eigenvalue weighted by Gasteiger charge is -2.09. The molecule has 1 rings (SSSR count). The van der Waals surface area contributed by atoms with Crippen LogP contribution in [0.25, 0.3) is 0 Å². The Morgan fingerprint density at radius 1 is 1.53 bits per heavy atom. The molecule has 0 spiro atoms. The number of aromatic nitrogens is 1. The first-order chi connectivity index (χ1) is 8.04. The number of carbonyl (C=O) groups excluding carboxylic acids is 1. The standard InChI is InChI=1S/C10H8F2N2O3/c1-16-9-5(4-13)3-6(8(11)12)7(14-9)10(15)17-2/h3,8H,1-2H3. The lowest BCUT2D eigenvalue weighted by atomic mass is 10.1. The van der Waals surface area contributed by atoms with Gasteiger partial charge in [-0.05, 0) is 6.07 Å². The Morgan fingerprint density at radius 2 is 2.18 bits per heavy atom. The minimum Gasteiger partial charge on any atom is -0.480 e. The summed E-state index contributed by atoms with van der Waals surface area (Å²) in [5.74, 6) is -1.21. The van der Waals surface area contributed by atoms with Crippen LogP contribution >= 0.6 is 0 Å². The van der Waals surface area contributed by atoms with Crippen molar-refractivity contribution in [1.29, 1.82) is 5.26 Å².